The van der Waals surface area contributed by atoms with Gasteiger partial charge >= 0.3 is 0 Å². The number of nitrogens with one attached hydrogen (secondary N) is 1. The van der Waals surface area contributed by atoms with Gasteiger partial charge in [0.05, 0.1) is 0 Å². The number of halogens is 1. The summed E-state index contributed by atoms with van der Waals surface area (Å²) in [6, 6.07) is 8.78. The molecule has 2 aromatic rings. The van der Waals surface area contributed by atoms with Crippen LogP contribution in [0.2, 0.25) is 0 Å². The molecule has 0 spiro atoms. The zero-order valence-electron chi connectivity index (χ0n) is 11.9. The van der Waals surface area contributed by atoms with E-state index >= 15 is 0 Å². The molecule has 0 saturated heterocycles. The summed E-state index contributed by atoms with van der Waals surface area (Å²) in [5.41, 5.74) is 2.94. The fourth-order valence-corrected chi connectivity index (χ4v) is 3.61. The van der Waals surface area contributed by atoms with Crippen LogP contribution in [0.1, 0.15) is 16.7 Å². The molecule has 2 nitrogen and oxygen atoms in total. The van der Waals surface area contributed by atoms with E-state index < -0.39 is 0 Å². The fourth-order valence-electron chi connectivity index (χ4n) is 2.22. The Hall–Kier alpha value is -1.44. The lowest BCUT2D eigenvalue weighted by Gasteiger charge is -2.13. The second kappa shape index (κ2) is 6.34. The Balaban J connectivity index is 2.39. The molecule has 0 aromatic heterocycles. The van der Waals surface area contributed by atoms with Gasteiger partial charge in [-0.1, -0.05) is 20.7 Å². The van der Waals surface area contributed by atoms with Crippen molar-refractivity contribution in [3.8, 4) is 5.75 Å². The van der Waals surface area contributed by atoms with Crippen molar-refractivity contribution in [3.05, 3.63) is 52.8 Å². The summed E-state index contributed by atoms with van der Waals surface area (Å²) < 4.78 is 13.3. The molecular weight excluding hydrogens is 272 g/mol. The molecule has 2 rings (SSSR count). The van der Waals surface area contributed by atoms with Crippen LogP contribution in [0, 0.1) is 19.7 Å². The summed E-state index contributed by atoms with van der Waals surface area (Å²) >= 11 is 0. The molecule has 0 radical (unpaired) electrons. The number of aryl methyl sites for hydroxylation is 2. The molecule has 1 atom stereocenters. The van der Waals surface area contributed by atoms with E-state index in [1.807, 2.05) is 33.0 Å². The van der Waals surface area contributed by atoms with E-state index in [-0.39, 0.29) is 5.82 Å². The normalized spacial score (nSPS) is 11.4. The molecule has 2 N–H and O–H groups in total. The van der Waals surface area contributed by atoms with Gasteiger partial charge in [-0.15, -0.1) is 0 Å². The lowest BCUT2D eigenvalue weighted by molar-refractivity contribution is 0.475. The highest BCUT2D eigenvalue weighted by atomic mass is 31.1. The standard InChI is InChI=1S/C16H19FNOP/c1-10-6-11(2)16(19)15(7-10)20-14-5-4-13(17)8-12(14)9-18-3/h4-8,18-20H,9H2,1-3H3. The first-order valence-electron chi connectivity index (χ1n) is 6.51. The smallest absolute Gasteiger partial charge is 0.126 e. The number of phenolic OH excluding ortho intramolecular Hbond substituents is 1. The van der Waals surface area contributed by atoms with Crippen LogP contribution in [0.25, 0.3) is 0 Å². The predicted octanol–water partition coefficient (Wildman–Crippen LogP) is 2.50. The van der Waals surface area contributed by atoms with Gasteiger partial charge in [-0.05, 0) is 61.1 Å². The molecule has 0 fully saturated rings. The van der Waals surface area contributed by atoms with E-state index in [1.165, 1.54) is 6.07 Å². The van der Waals surface area contributed by atoms with E-state index in [0.717, 1.165) is 27.3 Å². The summed E-state index contributed by atoms with van der Waals surface area (Å²) in [5.74, 6) is 0.113. The lowest BCUT2D eigenvalue weighted by atomic mass is 10.1. The van der Waals surface area contributed by atoms with Crippen LogP contribution in [-0.4, -0.2) is 12.2 Å². The molecule has 2 aromatic carbocycles. The Morgan fingerprint density at radius 2 is 1.90 bits per heavy atom. The van der Waals surface area contributed by atoms with Crippen LogP contribution in [0.3, 0.4) is 0 Å². The Morgan fingerprint density at radius 1 is 1.15 bits per heavy atom. The largest absolute Gasteiger partial charge is 0.507 e. The average Bonchev–Trinajstić information content (AvgIpc) is 2.38. The maximum atomic E-state index is 13.3. The van der Waals surface area contributed by atoms with Crippen molar-refractivity contribution in [2.75, 3.05) is 7.05 Å². The lowest BCUT2D eigenvalue weighted by Crippen LogP contribution is -2.16. The Bertz CT molecular complexity index is 628. The third-order valence-electron chi connectivity index (χ3n) is 3.15. The molecule has 0 aliphatic heterocycles. The van der Waals surface area contributed by atoms with Crippen molar-refractivity contribution in [2.45, 2.75) is 20.4 Å². The van der Waals surface area contributed by atoms with Crippen molar-refractivity contribution in [2.24, 2.45) is 0 Å². The van der Waals surface area contributed by atoms with Crippen LogP contribution in [0.4, 0.5) is 4.39 Å². The van der Waals surface area contributed by atoms with Crippen molar-refractivity contribution in [1.82, 2.24) is 5.32 Å². The first-order chi connectivity index (χ1) is 9.51. The predicted molar refractivity (Wildman–Crippen MR) is 84.3 cm³/mol. The van der Waals surface area contributed by atoms with E-state index in [0.29, 0.717) is 20.9 Å². The molecule has 20 heavy (non-hydrogen) atoms. The molecule has 0 aliphatic rings. The topological polar surface area (TPSA) is 32.3 Å². The van der Waals surface area contributed by atoms with Gasteiger partial charge in [-0.2, -0.15) is 0 Å². The number of phenols is 1. The molecule has 0 amide bonds. The fraction of sp³-hybridized carbons (Fsp3) is 0.250. The molecule has 106 valence electrons. The second-order valence-corrected chi connectivity index (χ2v) is 6.26. The Kier molecular flexibility index (Phi) is 4.74. The molecule has 0 heterocycles. The minimum Gasteiger partial charge on any atom is -0.507 e. The van der Waals surface area contributed by atoms with Crippen molar-refractivity contribution < 1.29 is 9.50 Å². The summed E-state index contributed by atoms with van der Waals surface area (Å²) in [4.78, 5) is 0. The third kappa shape index (κ3) is 3.36. The SMILES string of the molecule is CNCc1cc(F)ccc1Pc1cc(C)cc(C)c1O. The molecular formula is C16H19FNOP. The van der Waals surface area contributed by atoms with Gasteiger partial charge < -0.3 is 10.4 Å². The zero-order valence-corrected chi connectivity index (χ0v) is 12.9. The number of benzene rings is 2. The van der Waals surface area contributed by atoms with E-state index in [2.05, 4.69) is 5.32 Å². The van der Waals surface area contributed by atoms with Crippen LogP contribution in [0.5, 0.6) is 5.75 Å². The summed E-state index contributed by atoms with van der Waals surface area (Å²) in [5, 5.41) is 15.2. The van der Waals surface area contributed by atoms with Crippen molar-refractivity contribution in [3.63, 3.8) is 0 Å². The van der Waals surface area contributed by atoms with Crippen molar-refractivity contribution >= 4 is 19.2 Å². The number of rotatable bonds is 4. The number of hydrogen-bond donors (Lipinski definition) is 2. The van der Waals surface area contributed by atoms with Gasteiger partial charge in [-0.3, -0.25) is 0 Å². The van der Waals surface area contributed by atoms with Crippen LogP contribution >= 0.6 is 8.58 Å². The summed E-state index contributed by atoms with van der Waals surface area (Å²) in [7, 11) is 2.16. The van der Waals surface area contributed by atoms with Gasteiger partial charge in [0.2, 0.25) is 0 Å². The van der Waals surface area contributed by atoms with Gasteiger partial charge in [0.1, 0.15) is 11.6 Å². The first kappa shape index (κ1) is 15.0. The molecule has 1 unspecified atom stereocenters. The molecule has 4 heteroatoms. The van der Waals surface area contributed by atoms with Crippen LogP contribution in [0.15, 0.2) is 30.3 Å². The summed E-state index contributed by atoms with van der Waals surface area (Å²) in [6.45, 7) is 4.53. The van der Waals surface area contributed by atoms with Gasteiger partial charge in [0.25, 0.3) is 0 Å². The Morgan fingerprint density at radius 3 is 2.60 bits per heavy atom. The quantitative estimate of drug-likeness (QED) is 0.848. The maximum absolute atomic E-state index is 13.3. The zero-order chi connectivity index (χ0) is 14.7. The first-order valence-corrected chi connectivity index (χ1v) is 7.51. The number of hydrogen-bond acceptors (Lipinski definition) is 2. The Labute approximate surface area is 120 Å². The second-order valence-electron chi connectivity index (χ2n) is 4.93. The summed E-state index contributed by atoms with van der Waals surface area (Å²) in [6.07, 6.45) is 0. The van der Waals surface area contributed by atoms with Gasteiger partial charge in [0.15, 0.2) is 0 Å². The van der Waals surface area contributed by atoms with E-state index in [1.54, 1.807) is 12.1 Å². The molecule has 0 aliphatic carbocycles. The van der Waals surface area contributed by atoms with Crippen molar-refractivity contribution in [1.29, 1.82) is 0 Å². The minimum atomic E-state index is -0.228. The van der Waals surface area contributed by atoms with E-state index in [9.17, 15) is 9.50 Å². The van der Waals surface area contributed by atoms with Gasteiger partial charge in [-0.25, -0.2) is 4.39 Å². The average molecular weight is 291 g/mol. The highest BCUT2D eigenvalue weighted by Gasteiger charge is 2.10. The maximum Gasteiger partial charge on any atom is 0.126 e. The third-order valence-corrected chi connectivity index (χ3v) is 4.56. The monoisotopic (exact) mass is 291 g/mol. The van der Waals surface area contributed by atoms with E-state index in [4.69, 9.17) is 0 Å². The highest BCUT2D eigenvalue weighted by Crippen LogP contribution is 2.24. The molecule has 0 bridgehead atoms. The minimum absolute atomic E-state index is 0.228. The highest BCUT2D eigenvalue weighted by molar-refractivity contribution is 7.55. The number of aromatic hydroxyl groups is 1. The van der Waals surface area contributed by atoms with Crippen LogP contribution < -0.4 is 15.9 Å². The van der Waals surface area contributed by atoms with Gasteiger partial charge in [0, 0.05) is 11.8 Å². The van der Waals surface area contributed by atoms with Crippen LogP contribution in [-0.2, 0) is 6.54 Å². The molecule has 0 saturated carbocycles.